The third-order valence-corrected chi connectivity index (χ3v) is 3.08. The molecule has 0 unspecified atom stereocenters. The van der Waals surface area contributed by atoms with E-state index < -0.39 is 17.5 Å². The summed E-state index contributed by atoms with van der Waals surface area (Å²) >= 11 is 8.80. The maximum atomic E-state index is 13.6. The van der Waals surface area contributed by atoms with Crippen LogP contribution in [0.5, 0.6) is 11.5 Å². The lowest BCUT2D eigenvalue weighted by Gasteiger charge is -2.11. The molecule has 104 valence electrons. The van der Waals surface area contributed by atoms with Crippen LogP contribution in [0.2, 0.25) is 5.02 Å². The van der Waals surface area contributed by atoms with Crippen LogP contribution < -0.4 is 10.5 Å². The smallest absolute Gasteiger partial charge is 0.252 e. The highest BCUT2D eigenvalue weighted by molar-refractivity contribution is 9.10. The summed E-state index contributed by atoms with van der Waals surface area (Å²) in [6.07, 6.45) is 0. The molecule has 0 aliphatic rings. The number of carbonyl (C=O) groups excluding carboxylic acids is 1. The standard InChI is InChI=1S/C13H7BrClF2NO2/c14-6-3-9(16)12(17)11(4-6)20-10-5-7(15)1-2-8(10)13(18)19/h1-5H,(H2,18,19). The Bertz CT molecular complexity index is 694. The number of amides is 1. The van der Waals surface area contributed by atoms with Gasteiger partial charge in [0.1, 0.15) is 5.75 Å². The highest BCUT2D eigenvalue weighted by Gasteiger charge is 2.16. The minimum Gasteiger partial charge on any atom is -0.453 e. The molecule has 0 bridgehead atoms. The molecular weight excluding hydrogens is 356 g/mol. The Balaban J connectivity index is 2.50. The molecular formula is C13H7BrClF2NO2. The molecule has 7 heteroatoms. The van der Waals surface area contributed by atoms with E-state index in [0.717, 1.165) is 6.07 Å². The lowest BCUT2D eigenvalue weighted by atomic mass is 10.2. The summed E-state index contributed by atoms with van der Waals surface area (Å²) in [6, 6.07) is 6.25. The third kappa shape index (κ3) is 3.08. The highest BCUT2D eigenvalue weighted by Crippen LogP contribution is 2.32. The zero-order valence-corrected chi connectivity index (χ0v) is 12.1. The highest BCUT2D eigenvalue weighted by atomic mass is 79.9. The predicted molar refractivity (Wildman–Crippen MR) is 74.1 cm³/mol. The molecule has 3 nitrogen and oxygen atoms in total. The van der Waals surface area contributed by atoms with E-state index in [9.17, 15) is 13.6 Å². The van der Waals surface area contributed by atoms with Gasteiger partial charge in [-0.15, -0.1) is 0 Å². The number of halogens is 4. The zero-order chi connectivity index (χ0) is 14.9. The number of ether oxygens (including phenoxy) is 1. The topological polar surface area (TPSA) is 52.3 Å². The normalized spacial score (nSPS) is 10.4. The molecule has 2 aromatic carbocycles. The molecule has 2 rings (SSSR count). The number of carbonyl (C=O) groups is 1. The molecule has 1 amide bonds. The molecule has 2 N–H and O–H groups in total. The summed E-state index contributed by atoms with van der Waals surface area (Å²) in [5.41, 5.74) is 5.19. The maximum absolute atomic E-state index is 13.6. The SMILES string of the molecule is NC(=O)c1ccc(Cl)cc1Oc1cc(Br)cc(F)c1F. The van der Waals surface area contributed by atoms with E-state index in [4.69, 9.17) is 22.1 Å². The van der Waals surface area contributed by atoms with E-state index in [1.165, 1.54) is 24.3 Å². The first-order chi connectivity index (χ1) is 9.38. The summed E-state index contributed by atoms with van der Waals surface area (Å²) in [4.78, 5) is 11.3. The van der Waals surface area contributed by atoms with Crippen molar-refractivity contribution < 1.29 is 18.3 Å². The van der Waals surface area contributed by atoms with Crippen LogP contribution in [-0.2, 0) is 0 Å². The van der Waals surface area contributed by atoms with Crippen LogP contribution in [0.25, 0.3) is 0 Å². The lowest BCUT2D eigenvalue weighted by Crippen LogP contribution is -2.12. The van der Waals surface area contributed by atoms with Crippen molar-refractivity contribution in [3.8, 4) is 11.5 Å². The fourth-order valence-corrected chi connectivity index (χ4v) is 2.08. The Kier molecular flexibility index (Phi) is 4.25. The van der Waals surface area contributed by atoms with Gasteiger partial charge in [-0.3, -0.25) is 4.79 Å². The van der Waals surface area contributed by atoms with Crippen molar-refractivity contribution >= 4 is 33.4 Å². The van der Waals surface area contributed by atoms with E-state index in [1.807, 2.05) is 0 Å². The second kappa shape index (κ2) is 5.76. The van der Waals surface area contributed by atoms with Crippen molar-refractivity contribution in [2.24, 2.45) is 5.73 Å². The predicted octanol–water partition coefficient (Wildman–Crippen LogP) is 4.27. The molecule has 0 aliphatic heterocycles. The lowest BCUT2D eigenvalue weighted by molar-refractivity contribution is 0.0998. The van der Waals surface area contributed by atoms with Crippen molar-refractivity contribution in [3.63, 3.8) is 0 Å². The fourth-order valence-electron chi connectivity index (χ4n) is 1.51. The van der Waals surface area contributed by atoms with E-state index >= 15 is 0 Å². The molecule has 0 atom stereocenters. The first kappa shape index (κ1) is 14.7. The number of primary amides is 1. The molecule has 0 spiro atoms. The largest absolute Gasteiger partial charge is 0.453 e. The van der Waals surface area contributed by atoms with Gasteiger partial charge in [0, 0.05) is 15.6 Å². The van der Waals surface area contributed by atoms with Gasteiger partial charge in [0.2, 0.25) is 5.82 Å². The summed E-state index contributed by atoms with van der Waals surface area (Å²) in [5.74, 6) is -3.48. The second-order valence-corrected chi connectivity index (χ2v) is 5.16. The molecule has 2 aromatic rings. The van der Waals surface area contributed by atoms with E-state index in [0.29, 0.717) is 0 Å². The minimum atomic E-state index is -1.18. The molecule has 0 saturated heterocycles. The Labute approximate surface area is 126 Å². The second-order valence-electron chi connectivity index (χ2n) is 3.81. The Morgan fingerprint density at radius 1 is 1.20 bits per heavy atom. The van der Waals surface area contributed by atoms with Crippen LogP contribution in [0.4, 0.5) is 8.78 Å². The summed E-state index contributed by atoms with van der Waals surface area (Å²) < 4.78 is 32.4. The van der Waals surface area contributed by atoms with Gasteiger partial charge >= 0.3 is 0 Å². The van der Waals surface area contributed by atoms with Gasteiger partial charge in [-0.05, 0) is 24.3 Å². The zero-order valence-electron chi connectivity index (χ0n) is 9.79. The van der Waals surface area contributed by atoms with Crippen LogP contribution in [0.15, 0.2) is 34.8 Å². The summed E-state index contributed by atoms with van der Waals surface area (Å²) in [5, 5.41) is 0.265. The van der Waals surface area contributed by atoms with Crippen LogP contribution >= 0.6 is 27.5 Å². The van der Waals surface area contributed by atoms with Crippen LogP contribution in [0.1, 0.15) is 10.4 Å². The van der Waals surface area contributed by atoms with Gasteiger partial charge in [-0.1, -0.05) is 27.5 Å². The molecule has 0 radical (unpaired) electrons. The average Bonchev–Trinajstić information content (AvgIpc) is 2.35. The molecule has 0 heterocycles. The van der Waals surface area contributed by atoms with Crippen LogP contribution in [0.3, 0.4) is 0 Å². The number of benzene rings is 2. The van der Waals surface area contributed by atoms with Crippen molar-refractivity contribution in [2.75, 3.05) is 0 Å². The molecule has 0 fully saturated rings. The van der Waals surface area contributed by atoms with Gasteiger partial charge in [0.25, 0.3) is 5.91 Å². The summed E-state index contributed by atoms with van der Waals surface area (Å²) in [6.45, 7) is 0. The van der Waals surface area contributed by atoms with Crippen molar-refractivity contribution in [1.29, 1.82) is 0 Å². The molecule has 0 aromatic heterocycles. The average molecular weight is 363 g/mol. The Morgan fingerprint density at radius 3 is 2.55 bits per heavy atom. The van der Waals surface area contributed by atoms with Crippen molar-refractivity contribution in [1.82, 2.24) is 0 Å². The monoisotopic (exact) mass is 361 g/mol. The fraction of sp³-hybridized carbons (Fsp3) is 0. The van der Waals surface area contributed by atoms with Gasteiger partial charge in [0.15, 0.2) is 11.6 Å². The number of nitrogens with two attached hydrogens (primary N) is 1. The minimum absolute atomic E-state index is 0.00850. The first-order valence-electron chi connectivity index (χ1n) is 5.30. The number of hydrogen-bond acceptors (Lipinski definition) is 2. The maximum Gasteiger partial charge on any atom is 0.252 e. The van der Waals surface area contributed by atoms with Crippen molar-refractivity contribution in [2.45, 2.75) is 0 Å². The van der Waals surface area contributed by atoms with E-state index in [-0.39, 0.29) is 26.6 Å². The van der Waals surface area contributed by atoms with Crippen LogP contribution in [0, 0.1) is 11.6 Å². The van der Waals surface area contributed by atoms with Gasteiger partial charge < -0.3 is 10.5 Å². The van der Waals surface area contributed by atoms with Gasteiger partial charge in [-0.25, -0.2) is 4.39 Å². The van der Waals surface area contributed by atoms with Crippen LogP contribution in [-0.4, -0.2) is 5.91 Å². The van der Waals surface area contributed by atoms with E-state index in [2.05, 4.69) is 15.9 Å². The van der Waals surface area contributed by atoms with E-state index in [1.54, 1.807) is 0 Å². The Hall–Kier alpha value is -1.66. The molecule has 0 aliphatic carbocycles. The third-order valence-electron chi connectivity index (χ3n) is 2.39. The van der Waals surface area contributed by atoms with Gasteiger partial charge in [0.05, 0.1) is 5.56 Å². The van der Waals surface area contributed by atoms with Crippen molar-refractivity contribution in [3.05, 3.63) is 57.0 Å². The number of hydrogen-bond donors (Lipinski definition) is 1. The molecule has 20 heavy (non-hydrogen) atoms. The molecule has 0 saturated carbocycles. The summed E-state index contributed by atoms with van der Waals surface area (Å²) in [7, 11) is 0. The first-order valence-corrected chi connectivity index (χ1v) is 6.47. The quantitative estimate of drug-likeness (QED) is 0.829. The number of rotatable bonds is 3. The Morgan fingerprint density at radius 2 is 1.90 bits per heavy atom. The van der Waals surface area contributed by atoms with Gasteiger partial charge in [-0.2, -0.15) is 4.39 Å².